The molecule has 1 aromatic carbocycles. The van der Waals surface area contributed by atoms with Gasteiger partial charge in [-0.2, -0.15) is 0 Å². The highest BCUT2D eigenvalue weighted by molar-refractivity contribution is 5.89. The van der Waals surface area contributed by atoms with Crippen molar-refractivity contribution in [3.8, 4) is 0 Å². The van der Waals surface area contributed by atoms with Crippen molar-refractivity contribution in [2.45, 2.75) is 32.8 Å². The van der Waals surface area contributed by atoms with E-state index in [0.29, 0.717) is 24.7 Å². The zero-order valence-electron chi connectivity index (χ0n) is 11.0. The fourth-order valence-corrected chi connectivity index (χ4v) is 1.73. The van der Waals surface area contributed by atoms with Crippen molar-refractivity contribution in [2.24, 2.45) is 5.92 Å². The SMILES string of the molecule is CC(C)CCc1cccc(C(=O)OCC2CO2)c1. The number of benzene rings is 1. The lowest BCUT2D eigenvalue weighted by molar-refractivity contribution is 0.0476. The molecule has 1 aliphatic rings. The van der Waals surface area contributed by atoms with Crippen LogP contribution in [-0.4, -0.2) is 25.3 Å². The number of hydrogen-bond acceptors (Lipinski definition) is 3. The van der Waals surface area contributed by atoms with Gasteiger partial charge in [0.1, 0.15) is 12.7 Å². The Labute approximate surface area is 108 Å². The molecule has 0 radical (unpaired) electrons. The monoisotopic (exact) mass is 248 g/mol. The van der Waals surface area contributed by atoms with Crippen LogP contribution in [0.15, 0.2) is 24.3 Å². The van der Waals surface area contributed by atoms with Gasteiger partial charge in [0.2, 0.25) is 0 Å². The Morgan fingerprint density at radius 1 is 1.50 bits per heavy atom. The number of hydrogen-bond donors (Lipinski definition) is 0. The van der Waals surface area contributed by atoms with E-state index >= 15 is 0 Å². The number of carbonyl (C=O) groups excluding carboxylic acids is 1. The molecule has 1 saturated heterocycles. The molecule has 0 aromatic heterocycles. The third-order valence-electron chi connectivity index (χ3n) is 2.98. The van der Waals surface area contributed by atoms with Crippen molar-refractivity contribution in [1.82, 2.24) is 0 Å². The molecule has 1 aliphatic heterocycles. The maximum absolute atomic E-state index is 11.8. The number of ether oxygens (including phenoxy) is 2. The van der Waals surface area contributed by atoms with Crippen LogP contribution in [0, 0.1) is 5.92 Å². The van der Waals surface area contributed by atoms with Gasteiger partial charge in [-0.3, -0.25) is 0 Å². The van der Waals surface area contributed by atoms with Gasteiger partial charge in [0.25, 0.3) is 0 Å². The first-order valence-corrected chi connectivity index (χ1v) is 6.53. The number of aryl methyl sites for hydroxylation is 1. The zero-order valence-corrected chi connectivity index (χ0v) is 11.0. The summed E-state index contributed by atoms with van der Waals surface area (Å²) in [6, 6.07) is 7.70. The topological polar surface area (TPSA) is 38.8 Å². The molecule has 0 aliphatic carbocycles. The fourth-order valence-electron chi connectivity index (χ4n) is 1.73. The molecule has 2 rings (SSSR count). The minimum absolute atomic E-state index is 0.123. The summed E-state index contributed by atoms with van der Waals surface area (Å²) in [6.45, 7) is 5.48. The molecule has 1 heterocycles. The normalized spacial score (nSPS) is 17.8. The summed E-state index contributed by atoms with van der Waals surface area (Å²) < 4.78 is 10.2. The molecule has 1 aromatic rings. The van der Waals surface area contributed by atoms with E-state index in [4.69, 9.17) is 9.47 Å². The molecule has 18 heavy (non-hydrogen) atoms. The van der Waals surface area contributed by atoms with Crippen LogP contribution in [0.25, 0.3) is 0 Å². The summed E-state index contributed by atoms with van der Waals surface area (Å²) in [5, 5.41) is 0. The summed E-state index contributed by atoms with van der Waals surface area (Å²) in [5.41, 5.74) is 1.83. The third kappa shape index (κ3) is 4.15. The predicted molar refractivity (Wildman–Crippen MR) is 69.6 cm³/mol. The summed E-state index contributed by atoms with van der Waals surface area (Å²) in [5.74, 6) is 0.421. The lowest BCUT2D eigenvalue weighted by Crippen LogP contribution is -2.10. The highest BCUT2D eigenvalue weighted by atomic mass is 16.6. The molecule has 0 saturated carbocycles. The summed E-state index contributed by atoms with van der Waals surface area (Å²) >= 11 is 0. The van der Waals surface area contributed by atoms with Gasteiger partial charge in [0.15, 0.2) is 0 Å². The van der Waals surface area contributed by atoms with Gasteiger partial charge in [-0.15, -0.1) is 0 Å². The van der Waals surface area contributed by atoms with Crippen molar-refractivity contribution < 1.29 is 14.3 Å². The molecule has 98 valence electrons. The predicted octanol–water partition coefficient (Wildman–Crippen LogP) is 2.83. The standard InChI is InChI=1S/C15H20O3/c1-11(2)6-7-12-4-3-5-13(8-12)15(16)18-10-14-9-17-14/h3-5,8,11,14H,6-7,9-10H2,1-2H3. The summed E-state index contributed by atoms with van der Waals surface area (Å²) in [6.07, 6.45) is 2.26. The van der Waals surface area contributed by atoms with Gasteiger partial charge in [-0.25, -0.2) is 4.79 Å². The van der Waals surface area contributed by atoms with Crippen molar-refractivity contribution in [3.05, 3.63) is 35.4 Å². The summed E-state index contributed by atoms with van der Waals surface area (Å²) in [7, 11) is 0. The second-order valence-corrected chi connectivity index (χ2v) is 5.19. The van der Waals surface area contributed by atoms with Gasteiger partial charge in [-0.1, -0.05) is 26.0 Å². The van der Waals surface area contributed by atoms with Crippen LogP contribution < -0.4 is 0 Å². The fraction of sp³-hybridized carbons (Fsp3) is 0.533. The maximum Gasteiger partial charge on any atom is 0.338 e. The van der Waals surface area contributed by atoms with E-state index in [0.717, 1.165) is 12.8 Å². The van der Waals surface area contributed by atoms with E-state index in [2.05, 4.69) is 19.9 Å². The van der Waals surface area contributed by atoms with E-state index in [1.165, 1.54) is 5.56 Å². The van der Waals surface area contributed by atoms with Crippen LogP contribution in [0.4, 0.5) is 0 Å². The Balaban J connectivity index is 1.90. The molecule has 0 bridgehead atoms. The molecule has 3 heteroatoms. The molecule has 0 spiro atoms. The highest BCUT2D eigenvalue weighted by Gasteiger charge is 2.24. The van der Waals surface area contributed by atoms with Crippen molar-refractivity contribution in [3.63, 3.8) is 0 Å². The average Bonchev–Trinajstić information content (AvgIpc) is 3.18. The minimum atomic E-state index is -0.253. The molecular weight excluding hydrogens is 228 g/mol. The highest BCUT2D eigenvalue weighted by Crippen LogP contribution is 2.14. The Bertz CT molecular complexity index is 408. The van der Waals surface area contributed by atoms with Gasteiger partial charge in [0, 0.05) is 0 Å². The molecule has 0 N–H and O–H groups in total. The first kappa shape index (κ1) is 13.1. The lowest BCUT2D eigenvalue weighted by atomic mass is 10.0. The van der Waals surface area contributed by atoms with E-state index < -0.39 is 0 Å². The van der Waals surface area contributed by atoms with Gasteiger partial charge >= 0.3 is 5.97 Å². The number of esters is 1. The van der Waals surface area contributed by atoms with E-state index in [9.17, 15) is 4.79 Å². The van der Waals surface area contributed by atoms with Crippen LogP contribution in [0.3, 0.4) is 0 Å². The Morgan fingerprint density at radius 2 is 2.28 bits per heavy atom. The van der Waals surface area contributed by atoms with Crippen LogP contribution in [-0.2, 0) is 15.9 Å². The first-order valence-electron chi connectivity index (χ1n) is 6.53. The van der Waals surface area contributed by atoms with Gasteiger partial charge in [-0.05, 0) is 36.5 Å². The Kier molecular flexibility index (Phi) is 4.37. The lowest BCUT2D eigenvalue weighted by Gasteiger charge is -2.07. The summed E-state index contributed by atoms with van der Waals surface area (Å²) in [4.78, 5) is 11.8. The second-order valence-electron chi connectivity index (χ2n) is 5.19. The first-order chi connectivity index (χ1) is 8.65. The van der Waals surface area contributed by atoms with E-state index in [1.807, 2.05) is 12.1 Å². The Morgan fingerprint density at radius 3 is 2.94 bits per heavy atom. The van der Waals surface area contributed by atoms with Gasteiger partial charge in [0.05, 0.1) is 12.2 Å². The van der Waals surface area contributed by atoms with Gasteiger partial charge < -0.3 is 9.47 Å². The third-order valence-corrected chi connectivity index (χ3v) is 2.98. The molecular formula is C15H20O3. The smallest absolute Gasteiger partial charge is 0.338 e. The molecule has 0 amide bonds. The van der Waals surface area contributed by atoms with E-state index in [1.54, 1.807) is 6.07 Å². The quantitative estimate of drug-likeness (QED) is 0.574. The van der Waals surface area contributed by atoms with Crippen LogP contribution in [0.1, 0.15) is 36.2 Å². The van der Waals surface area contributed by atoms with Crippen molar-refractivity contribution in [1.29, 1.82) is 0 Å². The van der Waals surface area contributed by atoms with Crippen molar-refractivity contribution in [2.75, 3.05) is 13.2 Å². The number of epoxide rings is 1. The molecule has 1 fully saturated rings. The molecule has 3 nitrogen and oxygen atoms in total. The largest absolute Gasteiger partial charge is 0.459 e. The minimum Gasteiger partial charge on any atom is -0.459 e. The number of rotatable bonds is 6. The van der Waals surface area contributed by atoms with Crippen LogP contribution >= 0.6 is 0 Å². The Hall–Kier alpha value is -1.35. The van der Waals surface area contributed by atoms with Crippen molar-refractivity contribution >= 4 is 5.97 Å². The molecule has 1 atom stereocenters. The number of carbonyl (C=O) groups is 1. The second kappa shape index (κ2) is 6.01. The van der Waals surface area contributed by atoms with Crippen LogP contribution in [0.5, 0.6) is 0 Å². The van der Waals surface area contributed by atoms with E-state index in [-0.39, 0.29) is 12.1 Å². The zero-order chi connectivity index (χ0) is 13.0. The average molecular weight is 248 g/mol. The van der Waals surface area contributed by atoms with Crippen LogP contribution in [0.2, 0.25) is 0 Å². The maximum atomic E-state index is 11.8. The molecule has 1 unspecified atom stereocenters.